The number of halogens is 5. The van der Waals surface area contributed by atoms with Crippen LogP contribution in [0.15, 0.2) is 64.6 Å². The zero-order valence-electron chi connectivity index (χ0n) is 18.7. The zero-order chi connectivity index (χ0) is 25.1. The third-order valence-electron chi connectivity index (χ3n) is 5.31. The van der Waals surface area contributed by atoms with Crippen LogP contribution in [-0.2, 0) is 9.53 Å². The van der Waals surface area contributed by atoms with Gasteiger partial charge in [0, 0.05) is 17.6 Å². The molecule has 9 heteroatoms. The fraction of sp³-hybridized carbons (Fsp3) is 0.375. The van der Waals surface area contributed by atoms with E-state index in [1.165, 1.54) is 0 Å². The molecule has 0 bridgehead atoms. The molecule has 182 valence electrons. The lowest BCUT2D eigenvalue weighted by atomic mass is 9.67. The van der Waals surface area contributed by atoms with E-state index < -0.39 is 21.1 Å². The van der Waals surface area contributed by atoms with Crippen LogP contribution in [-0.4, -0.2) is 23.8 Å². The first-order valence-corrected chi connectivity index (χ1v) is 12.0. The zero-order valence-corrected chi connectivity index (χ0v) is 19.6. The second-order valence-corrected chi connectivity index (χ2v) is 11.2. The SMILES string of the molecule is CC1=CC(OCC#Cc2ccc(S(F)(F)(F)(F)F)cc2)CC(C)(C)C1/C=C/C(C)=C\C(=O)O. The van der Waals surface area contributed by atoms with Crippen molar-refractivity contribution in [3.05, 3.63) is 65.3 Å². The number of rotatable bonds is 6. The Bertz CT molecular complexity index is 1060. The Morgan fingerprint density at radius 3 is 2.33 bits per heavy atom. The second kappa shape index (κ2) is 8.65. The molecule has 1 aliphatic rings. The van der Waals surface area contributed by atoms with Crippen LogP contribution in [0, 0.1) is 23.2 Å². The van der Waals surface area contributed by atoms with E-state index in [9.17, 15) is 24.2 Å². The Kier molecular flexibility index (Phi) is 7.00. The summed E-state index contributed by atoms with van der Waals surface area (Å²) in [6, 6.07) is 2.49. The van der Waals surface area contributed by atoms with E-state index in [2.05, 4.69) is 25.7 Å². The smallest absolute Gasteiger partial charge is 0.328 e. The molecule has 0 aliphatic heterocycles. The lowest BCUT2D eigenvalue weighted by molar-refractivity contribution is -0.131. The predicted octanol–water partition coefficient (Wildman–Crippen LogP) is 7.66. The highest BCUT2D eigenvalue weighted by Gasteiger charge is 2.65. The largest absolute Gasteiger partial charge is 0.478 e. The first-order valence-electron chi connectivity index (χ1n) is 10.1. The summed E-state index contributed by atoms with van der Waals surface area (Å²) in [7, 11) is -9.68. The summed E-state index contributed by atoms with van der Waals surface area (Å²) in [5.41, 5.74) is 1.71. The summed E-state index contributed by atoms with van der Waals surface area (Å²) in [6.45, 7) is 7.87. The normalized spacial score (nSPS) is 23.2. The molecule has 1 aromatic carbocycles. The first-order chi connectivity index (χ1) is 14.9. The maximum Gasteiger partial charge on any atom is 0.328 e. The van der Waals surface area contributed by atoms with Crippen molar-refractivity contribution in [1.82, 2.24) is 0 Å². The van der Waals surface area contributed by atoms with Crippen molar-refractivity contribution in [3.8, 4) is 11.8 Å². The standard InChI is InChI=1S/C24H27F5O3S/c1-17(14-23(30)31)7-12-22-18(2)15-20(16-24(22,3)4)32-13-5-6-19-8-10-21(11-9-19)33(25,26,27,28)29/h7-12,14-15,20,22H,13,16H2,1-4H3,(H,30,31)/b12-7+,17-14-. The molecule has 0 aromatic heterocycles. The van der Waals surface area contributed by atoms with E-state index in [-0.39, 0.29) is 29.6 Å². The Hall–Kier alpha value is -2.57. The number of hydrogen-bond donors (Lipinski definition) is 1. The van der Waals surface area contributed by atoms with Gasteiger partial charge in [0.1, 0.15) is 11.5 Å². The molecule has 0 fully saturated rings. The lowest BCUT2D eigenvalue weighted by Gasteiger charge is -2.40. The minimum Gasteiger partial charge on any atom is -0.478 e. The van der Waals surface area contributed by atoms with Crippen molar-refractivity contribution in [2.75, 3.05) is 6.61 Å². The molecule has 0 radical (unpaired) electrons. The molecule has 1 aliphatic carbocycles. The van der Waals surface area contributed by atoms with Gasteiger partial charge in [-0.1, -0.05) is 68.9 Å². The van der Waals surface area contributed by atoms with E-state index in [1.807, 2.05) is 19.1 Å². The van der Waals surface area contributed by atoms with Gasteiger partial charge in [-0.2, -0.15) is 0 Å². The number of hydrogen-bond acceptors (Lipinski definition) is 2. The topological polar surface area (TPSA) is 46.5 Å². The maximum absolute atomic E-state index is 12.8. The summed E-state index contributed by atoms with van der Waals surface area (Å²) in [6.07, 6.45) is 7.34. The van der Waals surface area contributed by atoms with Gasteiger partial charge in [0.2, 0.25) is 0 Å². The minimum atomic E-state index is -9.68. The van der Waals surface area contributed by atoms with E-state index in [0.717, 1.165) is 23.8 Å². The van der Waals surface area contributed by atoms with Gasteiger partial charge in [0.25, 0.3) is 0 Å². The van der Waals surface area contributed by atoms with Gasteiger partial charge in [0.15, 0.2) is 0 Å². The van der Waals surface area contributed by atoms with Crippen LogP contribution < -0.4 is 0 Å². The highest BCUT2D eigenvalue weighted by atomic mass is 32.5. The molecule has 0 amide bonds. The van der Waals surface area contributed by atoms with Gasteiger partial charge in [-0.05, 0) is 55.5 Å². The van der Waals surface area contributed by atoms with E-state index >= 15 is 0 Å². The molecular formula is C24H27F5O3S. The Morgan fingerprint density at radius 1 is 1.21 bits per heavy atom. The van der Waals surface area contributed by atoms with E-state index in [4.69, 9.17) is 9.84 Å². The molecule has 2 atom stereocenters. The fourth-order valence-electron chi connectivity index (χ4n) is 3.81. The van der Waals surface area contributed by atoms with E-state index in [0.29, 0.717) is 24.1 Å². The first kappa shape index (κ1) is 26.7. The quantitative estimate of drug-likeness (QED) is 0.146. The molecular weight excluding hydrogens is 463 g/mol. The van der Waals surface area contributed by atoms with Gasteiger partial charge in [-0.3, -0.25) is 0 Å². The van der Waals surface area contributed by atoms with Crippen LogP contribution in [0.3, 0.4) is 0 Å². The van der Waals surface area contributed by atoms with Gasteiger partial charge < -0.3 is 9.84 Å². The summed E-state index contributed by atoms with van der Waals surface area (Å²) in [5, 5.41) is 8.83. The number of benzene rings is 1. The van der Waals surface area contributed by atoms with Crippen molar-refractivity contribution in [3.63, 3.8) is 0 Å². The van der Waals surface area contributed by atoms with E-state index in [1.54, 1.807) is 13.0 Å². The average molecular weight is 491 g/mol. The highest BCUT2D eigenvalue weighted by Crippen LogP contribution is 3.02. The van der Waals surface area contributed by atoms with Crippen LogP contribution in [0.25, 0.3) is 0 Å². The van der Waals surface area contributed by atoms with Crippen LogP contribution in [0.2, 0.25) is 0 Å². The van der Waals surface area contributed by atoms with Crippen molar-refractivity contribution >= 4 is 16.2 Å². The molecule has 0 saturated heterocycles. The molecule has 1 aromatic rings. The molecule has 33 heavy (non-hydrogen) atoms. The van der Waals surface area contributed by atoms with Crippen molar-refractivity contribution in [2.24, 2.45) is 11.3 Å². The molecule has 1 N–H and O–H groups in total. The van der Waals surface area contributed by atoms with Crippen LogP contribution >= 0.6 is 10.2 Å². The monoisotopic (exact) mass is 490 g/mol. The fourth-order valence-corrected chi connectivity index (χ4v) is 4.46. The van der Waals surface area contributed by atoms with Gasteiger partial charge in [-0.25, -0.2) is 4.79 Å². The van der Waals surface area contributed by atoms with Gasteiger partial charge >= 0.3 is 16.2 Å². The van der Waals surface area contributed by atoms with Gasteiger partial charge in [0.05, 0.1) is 6.10 Å². The predicted molar refractivity (Wildman–Crippen MR) is 121 cm³/mol. The third kappa shape index (κ3) is 8.06. The summed E-state index contributed by atoms with van der Waals surface area (Å²) < 4.78 is 69.6. The maximum atomic E-state index is 12.8. The highest BCUT2D eigenvalue weighted by molar-refractivity contribution is 8.45. The minimum absolute atomic E-state index is 0.0226. The Labute approximate surface area is 190 Å². The van der Waals surface area contributed by atoms with Crippen molar-refractivity contribution in [1.29, 1.82) is 0 Å². The number of ether oxygens (including phenoxy) is 1. The lowest BCUT2D eigenvalue weighted by Crippen LogP contribution is -2.34. The molecule has 0 spiro atoms. The number of aliphatic carboxylic acids is 1. The molecule has 2 unspecified atom stereocenters. The Morgan fingerprint density at radius 2 is 1.82 bits per heavy atom. The van der Waals surface area contributed by atoms with Crippen LogP contribution in [0.4, 0.5) is 19.4 Å². The Balaban J connectivity index is 2.03. The number of carboxylic acid groups (broad SMARTS) is 1. The second-order valence-electron chi connectivity index (χ2n) is 8.81. The molecule has 0 saturated carbocycles. The molecule has 0 heterocycles. The molecule has 3 nitrogen and oxygen atoms in total. The number of carbonyl (C=O) groups is 1. The number of allylic oxidation sites excluding steroid dienone is 4. The van der Waals surface area contributed by atoms with Crippen molar-refractivity contribution in [2.45, 2.75) is 45.1 Å². The van der Waals surface area contributed by atoms with Crippen molar-refractivity contribution < 1.29 is 34.1 Å². The summed E-state index contributed by atoms with van der Waals surface area (Å²) in [5.74, 6) is 4.41. The third-order valence-corrected chi connectivity index (χ3v) is 6.48. The van der Waals surface area contributed by atoms with Crippen LogP contribution in [0.5, 0.6) is 0 Å². The summed E-state index contributed by atoms with van der Waals surface area (Å²) >= 11 is 0. The van der Waals surface area contributed by atoms with Crippen LogP contribution in [0.1, 0.15) is 39.7 Å². The average Bonchev–Trinajstić information content (AvgIpc) is 2.62. The number of carboxylic acids is 1. The molecule has 2 rings (SSSR count). The summed E-state index contributed by atoms with van der Waals surface area (Å²) in [4.78, 5) is 8.82. The van der Waals surface area contributed by atoms with Gasteiger partial charge in [-0.15, -0.1) is 0 Å².